The van der Waals surface area contributed by atoms with Gasteiger partial charge in [0.25, 0.3) is 0 Å². The molecule has 8 nitrogen and oxygen atoms in total. The van der Waals surface area contributed by atoms with Crippen LogP contribution in [0.15, 0.2) is 37.1 Å². The SMILES string of the molecule is O=C(Oc1c(-c2ccncn2)nc2cnccc2c1N1CCC2(CCNC2)CC1)C(F)(F)F. The molecular weight excluding hydrogens is 437 g/mol. The standard InChI is InChI=1S/C22H21F3N6O2/c23-22(24,25)20(32)33-19-17(15-2-7-28-13-29-15)30-16-11-26-6-1-14(16)18(19)31-9-4-21(5-10-31)3-8-27-12-21/h1-2,6-7,11,13,27H,3-5,8-10,12H2. The molecular formula is C22H21F3N6O2. The molecule has 0 saturated carbocycles. The number of piperidine rings is 1. The Kier molecular flexibility index (Phi) is 5.35. The number of fused-ring (bicyclic) bond motifs is 1. The van der Waals surface area contributed by atoms with Crippen molar-refractivity contribution < 1.29 is 22.7 Å². The molecule has 3 aromatic rings. The van der Waals surface area contributed by atoms with Crippen molar-refractivity contribution >= 4 is 22.6 Å². The molecule has 5 rings (SSSR count). The third-order valence-electron chi connectivity index (χ3n) is 6.44. The fourth-order valence-corrected chi connectivity index (χ4v) is 4.67. The van der Waals surface area contributed by atoms with Crippen LogP contribution >= 0.6 is 0 Å². The number of carbonyl (C=O) groups is 1. The van der Waals surface area contributed by atoms with Gasteiger partial charge in [0.05, 0.1) is 23.1 Å². The Bertz CT molecular complexity index is 1170. The summed E-state index contributed by atoms with van der Waals surface area (Å²) in [6.07, 6.45) is 3.46. The Balaban J connectivity index is 1.67. The number of hydrogen-bond acceptors (Lipinski definition) is 8. The highest BCUT2D eigenvalue weighted by Crippen LogP contribution is 2.46. The van der Waals surface area contributed by atoms with Gasteiger partial charge in [0.1, 0.15) is 12.0 Å². The maximum atomic E-state index is 13.2. The fourth-order valence-electron chi connectivity index (χ4n) is 4.67. The van der Waals surface area contributed by atoms with Crippen molar-refractivity contribution in [3.63, 3.8) is 0 Å². The number of nitrogens with zero attached hydrogens (tertiary/aromatic N) is 5. The van der Waals surface area contributed by atoms with E-state index in [1.165, 1.54) is 24.8 Å². The number of halogens is 3. The van der Waals surface area contributed by atoms with Crippen molar-refractivity contribution in [1.29, 1.82) is 0 Å². The number of rotatable bonds is 3. The minimum absolute atomic E-state index is 0.0355. The third-order valence-corrected chi connectivity index (χ3v) is 6.44. The normalized spacial score (nSPS) is 18.1. The van der Waals surface area contributed by atoms with Crippen LogP contribution in [0.3, 0.4) is 0 Å². The zero-order valence-electron chi connectivity index (χ0n) is 17.6. The highest BCUT2D eigenvalue weighted by molar-refractivity contribution is 5.99. The number of anilines is 1. The van der Waals surface area contributed by atoms with Crippen LogP contribution in [0.1, 0.15) is 19.3 Å². The molecule has 1 spiro atoms. The number of esters is 1. The first-order valence-electron chi connectivity index (χ1n) is 10.7. The van der Waals surface area contributed by atoms with Crippen LogP contribution in [0.4, 0.5) is 18.9 Å². The van der Waals surface area contributed by atoms with E-state index in [0.29, 0.717) is 29.7 Å². The Hall–Kier alpha value is -3.34. The van der Waals surface area contributed by atoms with Crippen LogP contribution in [0, 0.1) is 5.41 Å². The van der Waals surface area contributed by atoms with E-state index >= 15 is 0 Å². The third kappa shape index (κ3) is 4.08. The van der Waals surface area contributed by atoms with E-state index in [-0.39, 0.29) is 22.6 Å². The summed E-state index contributed by atoms with van der Waals surface area (Å²) < 4.78 is 44.6. The maximum absolute atomic E-state index is 13.2. The van der Waals surface area contributed by atoms with Crippen molar-refractivity contribution in [2.24, 2.45) is 5.41 Å². The molecule has 172 valence electrons. The fraction of sp³-hybridized carbons (Fsp3) is 0.409. The zero-order chi connectivity index (χ0) is 23.1. The van der Waals surface area contributed by atoms with E-state index in [4.69, 9.17) is 4.74 Å². The van der Waals surface area contributed by atoms with Gasteiger partial charge in [-0.15, -0.1) is 0 Å². The van der Waals surface area contributed by atoms with E-state index in [0.717, 1.165) is 32.4 Å². The first kappa shape index (κ1) is 21.5. The van der Waals surface area contributed by atoms with Gasteiger partial charge < -0.3 is 15.0 Å². The number of ether oxygens (including phenoxy) is 1. The summed E-state index contributed by atoms with van der Waals surface area (Å²) in [6, 6.07) is 3.18. The first-order valence-corrected chi connectivity index (χ1v) is 10.7. The van der Waals surface area contributed by atoms with E-state index in [1.54, 1.807) is 12.3 Å². The average molecular weight is 458 g/mol. The summed E-state index contributed by atoms with van der Waals surface area (Å²) in [4.78, 5) is 30.5. The molecule has 2 saturated heterocycles. The van der Waals surface area contributed by atoms with Gasteiger partial charge in [-0.05, 0) is 43.4 Å². The summed E-state index contributed by atoms with van der Waals surface area (Å²) in [5.41, 5.74) is 1.34. The number of alkyl halides is 3. The lowest BCUT2D eigenvalue weighted by Crippen LogP contribution is -2.41. The van der Waals surface area contributed by atoms with Crippen LogP contribution in [0.25, 0.3) is 22.3 Å². The number of carbonyl (C=O) groups excluding carboxylic acids is 1. The van der Waals surface area contributed by atoms with Gasteiger partial charge in [-0.25, -0.2) is 19.7 Å². The Morgan fingerprint density at radius 2 is 1.91 bits per heavy atom. The highest BCUT2D eigenvalue weighted by Gasteiger charge is 2.43. The summed E-state index contributed by atoms with van der Waals surface area (Å²) in [6.45, 7) is 3.13. The van der Waals surface area contributed by atoms with Crippen molar-refractivity contribution in [3.8, 4) is 17.1 Å². The predicted octanol–water partition coefficient (Wildman–Crippen LogP) is 3.13. The molecule has 11 heteroatoms. The molecule has 33 heavy (non-hydrogen) atoms. The monoisotopic (exact) mass is 458 g/mol. The Morgan fingerprint density at radius 1 is 1.12 bits per heavy atom. The molecule has 0 amide bonds. The second-order valence-corrected chi connectivity index (χ2v) is 8.43. The molecule has 0 radical (unpaired) electrons. The molecule has 2 fully saturated rings. The lowest BCUT2D eigenvalue weighted by molar-refractivity contribution is -0.189. The van der Waals surface area contributed by atoms with Gasteiger partial charge in [0, 0.05) is 37.4 Å². The first-order chi connectivity index (χ1) is 15.9. The highest BCUT2D eigenvalue weighted by atomic mass is 19.4. The van der Waals surface area contributed by atoms with E-state index < -0.39 is 12.1 Å². The smallest absolute Gasteiger partial charge is 0.415 e. The van der Waals surface area contributed by atoms with Gasteiger partial charge in [0.2, 0.25) is 0 Å². The molecule has 0 bridgehead atoms. The molecule has 2 aliphatic heterocycles. The van der Waals surface area contributed by atoms with Gasteiger partial charge in [-0.1, -0.05) is 0 Å². The lowest BCUT2D eigenvalue weighted by Gasteiger charge is -2.40. The van der Waals surface area contributed by atoms with Crippen LogP contribution in [-0.4, -0.2) is 58.3 Å². The molecule has 0 aliphatic carbocycles. The number of pyridine rings is 2. The quantitative estimate of drug-likeness (QED) is 0.599. The molecule has 0 aromatic carbocycles. The molecule has 5 heterocycles. The van der Waals surface area contributed by atoms with E-state index in [9.17, 15) is 18.0 Å². The summed E-state index contributed by atoms with van der Waals surface area (Å²) in [7, 11) is 0. The molecule has 2 aliphatic rings. The molecule has 0 unspecified atom stereocenters. The van der Waals surface area contributed by atoms with Crippen LogP contribution in [-0.2, 0) is 4.79 Å². The van der Waals surface area contributed by atoms with E-state index in [2.05, 4.69) is 25.3 Å². The summed E-state index contributed by atoms with van der Waals surface area (Å²) in [5, 5.41) is 3.97. The van der Waals surface area contributed by atoms with Gasteiger partial charge >= 0.3 is 12.1 Å². The zero-order valence-corrected chi connectivity index (χ0v) is 17.6. The Morgan fingerprint density at radius 3 is 2.58 bits per heavy atom. The van der Waals surface area contributed by atoms with Crippen molar-refractivity contribution in [2.45, 2.75) is 25.4 Å². The van der Waals surface area contributed by atoms with Gasteiger partial charge in [-0.3, -0.25) is 4.98 Å². The largest absolute Gasteiger partial charge is 0.491 e. The lowest BCUT2D eigenvalue weighted by atomic mass is 9.77. The second kappa shape index (κ2) is 8.22. The number of nitrogens with one attached hydrogen (secondary N) is 1. The van der Waals surface area contributed by atoms with E-state index in [1.807, 2.05) is 4.90 Å². The van der Waals surface area contributed by atoms with Gasteiger partial charge in [0.15, 0.2) is 5.75 Å². The molecule has 1 N–H and O–H groups in total. The summed E-state index contributed by atoms with van der Waals surface area (Å²) >= 11 is 0. The van der Waals surface area contributed by atoms with Crippen LogP contribution in [0.5, 0.6) is 5.75 Å². The summed E-state index contributed by atoms with van der Waals surface area (Å²) in [5.74, 6) is -2.56. The molecule has 3 aromatic heterocycles. The predicted molar refractivity (Wildman–Crippen MR) is 114 cm³/mol. The van der Waals surface area contributed by atoms with Gasteiger partial charge in [-0.2, -0.15) is 13.2 Å². The van der Waals surface area contributed by atoms with Crippen molar-refractivity contribution in [1.82, 2.24) is 25.3 Å². The molecule has 0 atom stereocenters. The topological polar surface area (TPSA) is 93.1 Å². The number of hydrogen-bond donors (Lipinski definition) is 1. The van der Waals surface area contributed by atoms with Crippen molar-refractivity contribution in [2.75, 3.05) is 31.1 Å². The minimum atomic E-state index is -5.16. The average Bonchev–Trinajstić information content (AvgIpc) is 3.27. The Labute approximate surface area is 187 Å². The second-order valence-electron chi connectivity index (χ2n) is 8.43. The van der Waals surface area contributed by atoms with Crippen LogP contribution < -0.4 is 15.0 Å². The number of aromatic nitrogens is 4. The van der Waals surface area contributed by atoms with Crippen molar-refractivity contribution in [3.05, 3.63) is 37.1 Å². The maximum Gasteiger partial charge on any atom is 0.491 e. The van der Waals surface area contributed by atoms with Crippen LogP contribution in [0.2, 0.25) is 0 Å². The minimum Gasteiger partial charge on any atom is -0.415 e.